The molecule has 4 bridgehead atoms. The Balaban J connectivity index is 1.67. The van der Waals surface area contributed by atoms with Crippen LogP contribution in [0.4, 0.5) is 28.7 Å². The molecule has 32 heavy (non-hydrogen) atoms. The van der Waals surface area contributed by atoms with Crippen LogP contribution in [0, 0.1) is 0 Å². The van der Waals surface area contributed by atoms with Crippen LogP contribution < -0.4 is 27.0 Å². The van der Waals surface area contributed by atoms with Crippen molar-refractivity contribution in [3.8, 4) is 0 Å². The number of carbonyl (C=O) groups excluding carboxylic acids is 1. The number of amides is 1. The van der Waals surface area contributed by atoms with Crippen molar-refractivity contribution >= 4 is 40.3 Å². The van der Waals surface area contributed by atoms with Gasteiger partial charge >= 0.3 is 0 Å². The van der Waals surface area contributed by atoms with Gasteiger partial charge in [-0.1, -0.05) is 6.42 Å². The summed E-state index contributed by atoms with van der Waals surface area (Å²) in [5.41, 5.74) is 10.8. The highest BCUT2D eigenvalue weighted by molar-refractivity contribution is 6.00. The fourth-order valence-electron chi connectivity index (χ4n) is 4.66. The van der Waals surface area contributed by atoms with Gasteiger partial charge < -0.3 is 27.0 Å². The molecule has 4 heterocycles. The molecule has 0 spiro atoms. The average molecular weight is 436 g/mol. The number of hydrogen-bond acceptors (Lipinski definition) is 8. The second-order valence-corrected chi connectivity index (χ2v) is 8.38. The Kier molecular flexibility index (Phi) is 5.22. The first-order valence-corrected chi connectivity index (χ1v) is 11.0. The summed E-state index contributed by atoms with van der Waals surface area (Å²) in [4.78, 5) is 20.2. The first kappa shape index (κ1) is 20.4. The van der Waals surface area contributed by atoms with Crippen molar-refractivity contribution in [3.05, 3.63) is 35.5 Å². The van der Waals surface area contributed by atoms with Crippen LogP contribution in [-0.2, 0) is 6.54 Å². The van der Waals surface area contributed by atoms with Gasteiger partial charge in [-0.2, -0.15) is 9.61 Å². The van der Waals surface area contributed by atoms with E-state index in [0.29, 0.717) is 35.1 Å². The summed E-state index contributed by atoms with van der Waals surface area (Å²) in [5.74, 6) is 1.13. The molecule has 0 aliphatic carbocycles. The average Bonchev–Trinajstić information content (AvgIpc) is 3.23. The maximum atomic E-state index is 13.0. The molecule has 0 radical (unpaired) electrons. The lowest BCUT2D eigenvalue weighted by Gasteiger charge is -2.36. The van der Waals surface area contributed by atoms with E-state index in [1.807, 2.05) is 20.2 Å². The van der Waals surface area contributed by atoms with Crippen LogP contribution >= 0.6 is 0 Å². The molecule has 1 atom stereocenters. The molecule has 1 fully saturated rings. The molecule has 5 rings (SSSR count). The van der Waals surface area contributed by atoms with E-state index in [4.69, 9.17) is 10.7 Å². The van der Waals surface area contributed by atoms with E-state index in [0.717, 1.165) is 42.9 Å². The van der Waals surface area contributed by atoms with Crippen LogP contribution in [-0.4, -0.2) is 58.6 Å². The molecule has 3 aromatic rings. The number of piperidine rings is 1. The fraction of sp³-hybridized carbons (Fsp3) is 0.409. The second kappa shape index (κ2) is 8.19. The fourth-order valence-corrected chi connectivity index (χ4v) is 4.66. The van der Waals surface area contributed by atoms with E-state index in [2.05, 4.69) is 43.4 Å². The third kappa shape index (κ3) is 3.56. The van der Waals surface area contributed by atoms with E-state index in [9.17, 15) is 4.79 Å². The van der Waals surface area contributed by atoms with Gasteiger partial charge in [-0.05, 0) is 37.1 Å². The Bertz CT molecular complexity index is 1170. The Morgan fingerprint density at radius 2 is 2.06 bits per heavy atom. The van der Waals surface area contributed by atoms with Crippen molar-refractivity contribution in [2.45, 2.75) is 31.8 Å². The lowest BCUT2D eigenvalue weighted by molar-refractivity contribution is 0.0909. The molecule has 0 saturated carbocycles. The highest BCUT2D eigenvalue weighted by Gasteiger charge is 2.25. The highest BCUT2D eigenvalue weighted by atomic mass is 16.1. The van der Waals surface area contributed by atoms with Crippen molar-refractivity contribution in [2.75, 3.05) is 48.9 Å². The Morgan fingerprint density at radius 3 is 2.88 bits per heavy atom. The third-order valence-electron chi connectivity index (χ3n) is 6.38. The number of hydrogen-bond donors (Lipinski definition) is 5. The Hall–Kier alpha value is -3.53. The summed E-state index contributed by atoms with van der Waals surface area (Å²) < 4.78 is 1.64. The Morgan fingerprint density at radius 1 is 1.19 bits per heavy atom. The summed E-state index contributed by atoms with van der Waals surface area (Å²) >= 11 is 0. The maximum absolute atomic E-state index is 13.0. The first-order chi connectivity index (χ1) is 15.6. The number of fused-ring (bicyclic) bond motifs is 4. The van der Waals surface area contributed by atoms with Gasteiger partial charge in [-0.15, -0.1) is 0 Å². The SMILES string of the molecule is CNc1cc2cc(c1N)Nc1cc(NC)n3ncc(c3n1)C(=O)NCC1CCCCN1C2. The van der Waals surface area contributed by atoms with Crippen molar-refractivity contribution in [3.63, 3.8) is 0 Å². The minimum atomic E-state index is -0.162. The summed E-state index contributed by atoms with van der Waals surface area (Å²) in [5, 5.41) is 17.2. The molecule has 2 aliphatic heterocycles. The molecule has 1 aromatic carbocycles. The van der Waals surface area contributed by atoms with Gasteiger partial charge in [0.25, 0.3) is 5.91 Å². The number of benzene rings is 1. The van der Waals surface area contributed by atoms with Gasteiger partial charge in [0.1, 0.15) is 17.2 Å². The number of nitrogens with one attached hydrogen (secondary N) is 4. The van der Waals surface area contributed by atoms with Crippen LogP contribution in [0.2, 0.25) is 0 Å². The van der Waals surface area contributed by atoms with Crippen LogP contribution in [0.5, 0.6) is 0 Å². The van der Waals surface area contributed by atoms with Gasteiger partial charge in [0.2, 0.25) is 0 Å². The number of aromatic nitrogens is 3. The van der Waals surface area contributed by atoms with Crippen LogP contribution in [0.3, 0.4) is 0 Å². The minimum Gasteiger partial charge on any atom is -0.395 e. The number of anilines is 5. The predicted octanol–water partition coefficient (Wildman–Crippen LogP) is 2.24. The number of nitrogen functional groups attached to an aromatic ring is 1. The lowest BCUT2D eigenvalue weighted by Crippen LogP contribution is -2.46. The number of nitrogens with zero attached hydrogens (tertiary/aromatic N) is 4. The molecule has 10 heteroatoms. The molecule has 6 N–H and O–H groups in total. The summed E-state index contributed by atoms with van der Waals surface area (Å²) in [7, 11) is 3.68. The molecule has 1 saturated heterocycles. The molecular formula is C22H29N9O. The largest absolute Gasteiger partial charge is 0.395 e. The van der Waals surface area contributed by atoms with E-state index >= 15 is 0 Å². The predicted molar refractivity (Wildman–Crippen MR) is 127 cm³/mol. The van der Waals surface area contributed by atoms with Crippen molar-refractivity contribution in [1.29, 1.82) is 0 Å². The van der Waals surface area contributed by atoms with Gasteiger partial charge in [-0.25, -0.2) is 4.98 Å². The molecule has 168 valence electrons. The monoisotopic (exact) mass is 435 g/mol. The lowest BCUT2D eigenvalue weighted by atomic mass is 10.00. The van der Waals surface area contributed by atoms with Crippen molar-refractivity contribution < 1.29 is 4.79 Å². The Labute approximate surface area is 186 Å². The summed E-state index contributed by atoms with van der Waals surface area (Å²) in [6.07, 6.45) is 4.95. The molecule has 2 aromatic heterocycles. The van der Waals surface area contributed by atoms with Crippen LogP contribution in [0.15, 0.2) is 24.4 Å². The van der Waals surface area contributed by atoms with Gasteiger partial charge in [0, 0.05) is 39.3 Å². The third-order valence-corrected chi connectivity index (χ3v) is 6.38. The van der Waals surface area contributed by atoms with Crippen molar-refractivity contribution in [1.82, 2.24) is 24.8 Å². The minimum absolute atomic E-state index is 0.162. The topological polar surface area (TPSA) is 125 Å². The van der Waals surface area contributed by atoms with Crippen LogP contribution in [0.25, 0.3) is 5.65 Å². The second-order valence-electron chi connectivity index (χ2n) is 8.38. The summed E-state index contributed by atoms with van der Waals surface area (Å²) in [6.45, 7) is 2.39. The van der Waals surface area contributed by atoms with E-state index in [-0.39, 0.29) is 11.9 Å². The van der Waals surface area contributed by atoms with Crippen molar-refractivity contribution in [2.24, 2.45) is 0 Å². The molecule has 2 aliphatic rings. The molecular weight excluding hydrogens is 406 g/mol. The zero-order valence-corrected chi connectivity index (χ0v) is 18.4. The van der Waals surface area contributed by atoms with Gasteiger partial charge in [-0.3, -0.25) is 9.69 Å². The quantitative estimate of drug-likeness (QED) is 0.388. The molecule has 10 nitrogen and oxygen atoms in total. The van der Waals surface area contributed by atoms with E-state index in [1.165, 1.54) is 6.42 Å². The van der Waals surface area contributed by atoms with E-state index in [1.54, 1.807) is 10.7 Å². The highest BCUT2D eigenvalue weighted by Crippen LogP contribution is 2.33. The first-order valence-electron chi connectivity index (χ1n) is 11.0. The summed E-state index contributed by atoms with van der Waals surface area (Å²) in [6, 6.07) is 6.32. The zero-order chi connectivity index (χ0) is 22.2. The standard InChI is InChI=1S/C22H29N9O/c1-24-16-7-13-8-17(20(16)23)28-18-9-19(25-2)31-21(29-18)15(11-27-31)22(32)26-10-14-5-3-4-6-30(14)12-13/h7-9,11,14,24-25H,3-6,10,12,23H2,1-2H3,(H,26,32)(H,28,29). The number of nitrogens with two attached hydrogens (primary N) is 1. The van der Waals surface area contributed by atoms with Gasteiger partial charge in [0.15, 0.2) is 5.65 Å². The maximum Gasteiger partial charge on any atom is 0.256 e. The smallest absolute Gasteiger partial charge is 0.256 e. The number of rotatable bonds is 2. The number of carbonyl (C=O) groups is 1. The van der Waals surface area contributed by atoms with E-state index < -0.39 is 0 Å². The molecule has 1 unspecified atom stereocenters. The van der Waals surface area contributed by atoms with Crippen LogP contribution in [0.1, 0.15) is 35.2 Å². The zero-order valence-electron chi connectivity index (χ0n) is 18.4. The van der Waals surface area contributed by atoms with Gasteiger partial charge in [0.05, 0.1) is 23.3 Å². The normalized spacial score (nSPS) is 19.1. The molecule has 1 amide bonds.